The molecule has 2 nitrogen and oxygen atoms in total. The van der Waals surface area contributed by atoms with Crippen molar-refractivity contribution < 1.29 is 0 Å². The molecule has 1 aromatic carbocycles. The van der Waals surface area contributed by atoms with Gasteiger partial charge in [0.15, 0.2) is 0 Å². The number of nitrogen functional groups attached to an aromatic ring is 1. The highest BCUT2D eigenvalue weighted by Gasteiger charge is 2.28. The van der Waals surface area contributed by atoms with E-state index in [1.54, 1.807) is 0 Å². The van der Waals surface area contributed by atoms with Crippen LogP contribution in [-0.4, -0.2) is 12.6 Å². The zero-order chi connectivity index (χ0) is 13.8. The van der Waals surface area contributed by atoms with Gasteiger partial charge in [-0.2, -0.15) is 0 Å². The van der Waals surface area contributed by atoms with Crippen molar-refractivity contribution in [2.75, 3.05) is 17.2 Å². The minimum absolute atomic E-state index is 0.656. The van der Waals surface area contributed by atoms with Gasteiger partial charge in [0.1, 0.15) is 0 Å². The van der Waals surface area contributed by atoms with Crippen LogP contribution in [0, 0.1) is 11.8 Å². The molecule has 0 radical (unpaired) electrons. The number of hydrogen-bond acceptors (Lipinski definition) is 2. The molecule has 0 bridgehead atoms. The van der Waals surface area contributed by atoms with Crippen LogP contribution < -0.4 is 10.6 Å². The Hall–Kier alpha value is -1.18. The lowest BCUT2D eigenvalue weighted by Crippen LogP contribution is -2.41. The molecule has 0 aliphatic heterocycles. The van der Waals surface area contributed by atoms with Crippen molar-refractivity contribution in [1.82, 2.24) is 0 Å². The molecule has 1 aliphatic carbocycles. The number of benzene rings is 1. The Morgan fingerprint density at radius 3 is 2.32 bits per heavy atom. The van der Waals surface area contributed by atoms with E-state index < -0.39 is 0 Å². The zero-order valence-corrected chi connectivity index (χ0v) is 12.6. The Morgan fingerprint density at radius 2 is 1.74 bits per heavy atom. The molecule has 2 unspecified atom stereocenters. The van der Waals surface area contributed by atoms with Crippen LogP contribution in [0.5, 0.6) is 0 Å². The summed E-state index contributed by atoms with van der Waals surface area (Å²) in [5.74, 6) is 1.66. The summed E-state index contributed by atoms with van der Waals surface area (Å²) in [6, 6.07) is 8.98. The first-order valence-electron chi connectivity index (χ1n) is 7.73. The number of rotatable bonds is 4. The summed E-state index contributed by atoms with van der Waals surface area (Å²) >= 11 is 0. The third-order valence-electron chi connectivity index (χ3n) is 4.31. The molecule has 2 N–H and O–H groups in total. The van der Waals surface area contributed by atoms with Crippen LogP contribution in [0.1, 0.15) is 46.5 Å². The smallest absolute Gasteiger partial charge is 0.0602 e. The maximum atomic E-state index is 6.19. The molecule has 106 valence electrons. The van der Waals surface area contributed by atoms with Gasteiger partial charge in [-0.05, 0) is 49.7 Å². The maximum absolute atomic E-state index is 6.19. The Bertz CT molecular complexity index is 392. The van der Waals surface area contributed by atoms with E-state index in [1.165, 1.54) is 31.4 Å². The van der Waals surface area contributed by atoms with Gasteiger partial charge in [0.25, 0.3) is 0 Å². The molecule has 2 rings (SSSR count). The van der Waals surface area contributed by atoms with Gasteiger partial charge in [-0.1, -0.05) is 32.9 Å². The van der Waals surface area contributed by atoms with E-state index in [0.717, 1.165) is 24.1 Å². The fraction of sp³-hybridized carbons (Fsp3) is 0.647. The summed E-state index contributed by atoms with van der Waals surface area (Å²) in [5.41, 5.74) is 8.34. The molecule has 19 heavy (non-hydrogen) atoms. The molecule has 0 heterocycles. The quantitative estimate of drug-likeness (QED) is 0.817. The number of nitrogens with zero attached hydrogens (tertiary/aromatic N) is 1. The summed E-state index contributed by atoms with van der Waals surface area (Å²) in [5, 5.41) is 0. The first kappa shape index (κ1) is 14.2. The van der Waals surface area contributed by atoms with Crippen LogP contribution in [-0.2, 0) is 0 Å². The summed E-state index contributed by atoms with van der Waals surface area (Å²) < 4.78 is 0. The number of hydrogen-bond donors (Lipinski definition) is 1. The summed E-state index contributed by atoms with van der Waals surface area (Å²) in [6.07, 6.45) is 5.16. The highest BCUT2D eigenvalue weighted by atomic mass is 15.2. The van der Waals surface area contributed by atoms with E-state index in [2.05, 4.69) is 37.8 Å². The topological polar surface area (TPSA) is 29.3 Å². The van der Waals surface area contributed by atoms with Crippen LogP contribution in [0.15, 0.2) is 24.3 Å². The van der Waals surface area contributed by atoms with Crippen molar-refractivity contribution in [3.05, 3.63) is 24.3 Å². The Kier molecular flexibility index (Phi) is 4.73. The maximum Gasteiger partial charge on any atom is 0.0602 e. The minimum Gasteiger partial charge on any atom is -0.397 e. The second-order valence-electron chi connectivity index (χ2n) is 6.32. The molecular weight excluding hydrogens is 232 g/mol. The molecule has 1 saturated carbocycles. The molecule has 0 saturated heterocycles. The monoisotopic (exact) mass is 260 g/mol. The highest BCUT2D eigenvalue weighted by molar-refractivity contribution is 5.67. The fourth-order valence-electron chi connectivity index (χ4n) is 3.65. The summed E-state index contributed by atoms with van der Waals surface area (Å²) in [4.78, 5) is 2.56. The average molecular weight is 260 g/mol. The SMILES string of the molecule is CCCN(c1ccccc1N)C1CC(C)CC(C)C1. The van der Waals surface area contributed by atoms with Crippen LogP contribution in [0.3, 0.4) is 0 Å². The lowest BCUT2D eigenvalue weighted by molar-refractivity contribution is 0.260. The lowest BCUT2D eigenvalue weighted by atomic mass is 9.79. The van der Waals surface area contributed by atoms with Gasteiger partial charge >= 0.3 is 0 Å². The van der Waals surface area contributed by atoms with Crippen molar-refractivity contribution in [2.24, 2.45) is 11.8 Å². The standard InChI is InChI=1S/C17H28N2/c1-4-9-19(17-8-6-5-7-16(17)18)15-11-13(2)10-14(3)12-15/h5-8,13-15H,4,9-12,18H2,1-3H3. The van der Waals surface area contributed by atoms with Crippen LogP contribution in [0.25, 0.3) is 0 Å². The van der Waals surface area contributed by atoms with Gasteiger partial charge < -0.3 is 10.6 Å². The first-order valence-corrected chi connectivity index (χ1v) is 7.73. The molecule has 0 aromatic heterocycles. The molecule has 0 spiro atoms. The van der Waals surface area contributed by atoms with Crippen LogP contribution >= 0.6 is 0 Å². The normalized spacial score (nSPS) is 27.2. The molecule has 1 fully saturated rings. The molecule has 1 aromatic rings. The predicted molar refractivity (Wildman–Crippen MR) is 84.5 cm³/mol. The van der Waals surface area contributed by atoms with E-state index in [1.807, 2.05) is 12.1 Å². The number of nitrogens with two attached hydrogens (primary N) is 1. The van der Waals surface area contributed by atoms with Crippen LogP contribution in [0.2, 0.25) is 0 Å². The van der Waals surface area contributed by atoms with E-state index in [0.29, 0.717) is 6.04 Å². The predicted octanol–water partition coefficient (Wildman–Crippen LogP) is 4.31. The second kappa shape index (κ2) is 6.31. The van der Waals surface area contributed by atoms with Gasteiger partial charge in [0, 0.05) is 12.6 Å². The second-order valence-corrected chi connectivity index (χ2v) is 6.32. The minimum atomic E-state index is 0.656. The molecule has 2 atom stereocenters. The number of para-hydroxylation sites is 2. The Balaban J connectivity index is 2.22. The third kappa shape index (κ3) is 3.43. The molecule has 1 aliphatic rings. The van der Waals surface area contributed by atoms with E-state index in [9.17, 15) is 0 Å². The van der Waals surface area contributed by atoms with Crippen molar-refractivity contribution in [1.29, 1.82) is 0 Å². The molecular formula is C17H28N2. The third-order valence-corrected chi connectivity index (χ3v) is 4.31. The summed E-state index contributed by atoms with van der Waals surface area (Å²) in [6.45, 7) is 8.14. The Labute approximate surface area is 118 Å². The highest BCUT2D eigenvalue weighted by Crippen LogP contribution is 2.35. The number of anilines is 2. The molecule has 0 amide bonds. The van der Waals surface area contributed by atoms with Gasteiger partial charge in [-0.15, -0.1) is 0 Å². The Morgan fingerprint density at radius 1 is 1.11 bits per heavy atom. The van der Waals surface area contributed by atoms with E-state index >= 15 is 0 Å². The van der Waals surface area contributed by atoms with Crippen molar-refractivity contribution in [2.45, 2.75) is 52.5 Å². The summed E-state index contributed by atoms with van der Waals surface area (Å²) in [7, 11) is 0. The van der Waals surface area contributed by atoms with Gasteiger partial charge in [-0.3, -0.25) is 0 Å². The van der Waals surface area contributed by atoms with Crippen molar-refractivity contribution >= 4 is 11.4 Å². The average Bonchev–Trinajstić information content (AvgIpc) is 2.36. The largest absolute Gasteiger partial charge is 0.397 e. The van der Waals surface area contributed by atoms with Gasteiger partial charge in [0.2, 0.25) is 0 Å². The molecule has 2 heteroatoms. The van der Waals surface area contributed by atoms with Gasteiger partial charge in [-0.25, -0.2) is 0 Å². The zero-order valence-electron chi connectivity index (χ0n) is 12.6. The van der Waals surface area contributed by atoms with E-state index in [4.69, 9.17) is 5.73 Å². The van der Waals surface area contributed by atoms with Crippen molar-refractivity contribution in [3.63, 3.8) is 0 Å². The fourth-order valence-corrected chi connectivity index (χ4v) is 3.65. The lowest BCUT2D eigenvalue weighted by Gasteiger charge is -2.41. The van der Waals surface area contributed by atoms with Crippen LogP contribution in [0.4, 0.5) is 11.4 Å². The van der Waals surface area contributed by atoms with E-state index in [-0.39, 0.29) is 0 Å². The van der Waals surface area contributed by atoms with Crippen molar-refractivity contribution in [3.8, 4) is 0 Å². The first-order chi connectivity index (χ1) is 9.11. The van der Waals surface area contributed by atoms with Gasteiger partial charge in [0.05, 0.1) is 11.4 Å².